The van der Waals surface area contributed by atoms with E-state index in [1.54, 1.807) is 18.5 Å². The van der Waals surface area contributed by atoms with Crippen molar-refractivity contribution in [2.45, 2.75) is 6.42 Å². The third kappa shape index (κ3) is 2.77. The van der Waals surface area contributed by atoms with Crippen molar-refractivity contribution in [2.75, 3.05) is 12.3 Å². The molecule has 0 aliphatic heterocycles. The van der Waals surface area contributed by atoms with Gasteiger partial charge in [-0.3, -0.25) is 4.98 Å². The Morgan fingerprint density at radius 3 is 2.89 bits per heavy atom. The third-order valence-electron chi connectivity index (χ3n) is 2.59. The topological polar surface area (TPSA) is 71.9 Å². The molecule has 0 spiro atoms. The number of benzene rings is 1. The van der Waals surface area contributed by atoms with E-state index >= 15 is 0 Å². The first-order valence-electron chi connectivity index (χ1n) is 5.61. The first-order chi connectivity index (χ1) is 8.81. The SMILES string of the molecule is N#Cc1ccncc1OCCc1ccccc1N. The van der Waals surface area contributed by atoms with E-state index in [0.29, 0.717) is 24.3 Å². The lowest BCUT2D eigenvalue weighted by Crippen LogP contribution is -2.04. The largest absolute Gasteiger partial charge is 0.490 e. The molecule has 1 heterocycles. The molecule has 2 aromatic rings. The zero-order valence-corrected chi connectivity index (χ0v) is 9.84. The lowest BCUT2D eigenvalue weighted by Gasteiger charge is -2.08. The molecule has 4 heteroatoms. The smallest absolute Gasteiger partial charge is 0.155 e. The maximum Gasteiger partial charge on any atom is 0.155 e. The second-order valence-corrected chi connectivity index (χ2v) is 3.78. The number of nitrogens with zero attached hydrogens (tertiary/aromatic N) is 2. The summed E-state index contributed by atoms with van der Waals surface area (Å²) < 4.78 is 5.55. The summed E-state index contributed by atoms with van der Waals surface area (Å²) in [6.45, 7) is 0.467. The summed E-state index contributed by atoms with van der Waals surface area (Å²) in [6.07, 6.45) is 3.82. The minimum absolute atomic E-state index is 0.467. The van der Waals surface area contributed by atoms with Crippen LogP contribution in [0.2, 0.25) is 0 Å². The maximum atomic E-state index is 8.90. The molecule has 0 unspecified atom stereocenters. The molecule has 2 rings (SSSR count). The van der Waals surface area contributed by atoms with E-state index in [-0.39, 0.29) is 0 Å². The molecule has 2 N–H and O–H groups in total. The zero-order valence-electron chi connectivity index (χ0n) is 9.84. The van der Waals surface area contributed by atoms with Gasteiger partial charge in [0.2, 0.25) is 0 Å². The van der Waals surface area contributed by atoms with Crippen LogP contribution in [-0.2, 0) is 6.42 Å². The van der Waals surface area contributed by atoms with Crippen molar-refractivity contribution in [2.24, 2.45) is 0 Å². The van der Waals surface area contributed by atoms with Gasteiger partial charge < -0.3 is 10.5 Å². The minimum Gasteiger partial charge on any atom is -0.490 e. The summed E-state index contributed by atoms with van der Waals surface area (Å²) in [7, 11) is 0. The standard InChI is InChI=1S/C14H13N3O/c15-9-12-5-7-17-10-14(12)18-8-6-11-3-1-2-4-13(11)16/h1-5,7,10H,6,8,16H2. The normalized spacial score (nSPS) is 9.72. The van der Waals surface area contributed by atoms with Crippen LogP contribution < -0.4 is 10.5 Å². The van der Waals surface area contributed by atoms with Gasteiger partial charge >= 0.3 is 0 Å². The molecule has 4 nitrogen and oxygen atoms in total. The van der Waals surface area contributed by atoms with Crippen LogP contribution in [0.15, 0.2) is 42.7 Å². The summed E-state index contributed by atoms with van der Waals surface area (Å²) in [5, 5.41) is 8.90. The number of nitrogens with two attached hydrogens (primary N) is 1. The number of nitrogen functional groups attached to an aromatic ring is 1. The van der Waals surface area contributed by atoms with Gasteiger partial charge in [0, 0.05) is 18.3 Å². The molecule has 0 bridgehead atoms. The highest BCUT2D eigenvalue weighted by molar-refractivity contribution is 5.46. The van der Waals surface area contributed by atoms with Gasteiger partial charge in [-0.2, -0.15) is 5.26 Å². The van der Waals surface area contributed by atoms with Crippen molar-refractivity contribution < 1.29 is 4.74 Å². The van der Waals surface area contributed by atoms with Gasteiger partial charge in [0.1, 0.15) is 6.07 Å². The molecule has 1 aromatic heterocycles. The van der Waals surface area contributed by atoms with E-state index in [2.05, 4.69) is 11.1 Å². The van der Waals surface area contributed by atoms with Crippen molar-refractivity contribution >= 4 is 5.69 Å². The Hall–Kier alpha value is -2.54. The van der Waals surface area contributed by atoms with Crippen LogP contribution in [0.1, 0.15) is 11.1 Å². The fraction of sp³-hybridized carbons (Fsp3) is 0.143. The van der Waals surface area contributed by atoms with Crippen LogP contribution in [0.5, 0.6) is 5.75 Å². The summed E-state index contributed by atoms with van der Waals surface area (Å²) in [5.41, 5.74) is 8.13. The molecular weight excluding hydrogens is 226 g/mol. The Labute approximate surface area is 106 Å². The number of ether oxygens (including phenoxy) is 1. The van der Waals surface area contributed by atoms with Crippen LogP contribution in [0.3, 0.4) is 0 Å². The summed E-state index contributed by atoms with van der Waals surface area (Å²) in [6, 6.07) is 11.4. The van der Waals surface area contributed by atoms with Crippen molar-refractivity contribution in [1.29, 1.82) is 5.26 Å². The van der Waals surface area contributed by atoms with Crippen LogP contribution in [0.4, 0.5) is 5.69 Å². The van der Waals surface area contributed by atoms with E-state index in [1.807, 2.05) is 24.3 Å². The number of rotatable bonds is 4. The molecule has 0 fully saturated rings. The number of anilines is 1. The quantitative estimate of drug-likeness (QED) is 0.830. The van der Waals surface area contributed by atoms with Crippen molar-refractivity contribution in [3.05, 3.63) is 53.9 Å². The van der Waals surface area contributed by atoms with Gasteiger partial charge in [-0.15, -0.1) is 0 Å². The van der Waals surface area contributed by atoms with E-state index in [9.17, 15) is 0 Å². The molecule has 1 aromatic carbocycles. The van der Waals surface area contributed by atoms with E-state index in [4.69, 9.17) is 15.7 Å². The first-order valence-corrected chi connectivity index (χ1v) is 5.61. The fourth-order valence-corrected chi connectivity index (χ4v) is 1.62. The van der Waals surface area contributed by atoms with Crippen LogP contribution in [0.25, 0.3) is 0 Å². The molecule has 0 atom stereocenters. The third-order valence-corrected chi connectivity index (χ3v) is 2.59. The number of para-hydroxylation sites is 1. The fourth-order valence-electron chi connectivity index (χ4n) is 1.62. The van der Waals surface area contributed by atoms with Crippen LogP contribution in [0, 0.1) is 11.3 Å². The van der Waals surface area contributed by atoms with Gasteiger partial charge in [-0.05, 0) is 17.7 Å². The average Bonchev–Trinajstić information content (AvgIpc) is 2.41. The number of pyridine rings is 1. The van der Waals surface area contributed by atoms with Gasteiger partial charge in [0.15, 0.2) is 5.75 Å². The van der Waals surface area contributed by atoms with Gasteiger partial charge in [0.05, 0.1) is 18.4 Å². The van der Waals surface area contributed by atoms with E-state index < -0.39 is 0 Å². The summed E-state index contributed by atoms with van der Waals surface area (Å²) >= 11 is 0. The summed E-state index contributed by atoms with van der Waals surface area (Å²) in [5.74, 6) is 0.509. The highest BCUT2D eigenvalue weighted by Gasteiger charge is 2.03. The maximum absolute atomic E-state index is 8.90. The van der Waals surface area contributed by atoms with Crippen molar-refractivity contribution in [3.63, 3.8) is 0 Å². The number of nitriles is 1. The van der Waals surface area contributed by atoms with E-state index in [1.165, 1.54) is 0 Å². The molecule has 0 radical (unpaired) electrons. The Morgan fingerprint density at radius 1 is 1.28 bits per heavy atom. The van der Waals surface area contributed by atoms with Crippen LogP contribution in [-0.4, -0.2) is 11.6 Å². The molecule has 0 aliphatic carbocycles. The van der Waals surface area contributed by atoms with Gasteiger partial charge in [-0.25, -0.2) is 0 Å². The molecule has 0 aliphatic rings. The van der Waals surface area contributed by atoms with Gasteiger partial charge in [-0.1, -0.05) is 18.2 Å². The van der Waals surface area contributed by atoms with Crippen LogP contribution >= 0.6 is 0 Å². The minimum atomic E-state index is 0.467. The summed E-state index contributed by atoms with van der Waals surface area (Å²) in [4.78, 5) is 3.94. The van der Waals surface area contributed by atoms with Crippen molar-refractivity contribution in [1.82, 2.24) is 4.98 Å². The monoisotopic (exact) mass is 239 g/mol. The molecule has 0 amide bonds. The lowest BCUT2D eigenvalue weighted by molar-refractivity contribution is 0.320. The number of hydrogen-bond donors (Lipinski definition) is 1. The highest BCUT2D eigenvalue weighted by atomic mass is 16.5. The molecular formula is C14H13N3O. The zero-order chi connectivity index (χ0) is 12.8. The Bertz CT molecular complexity index is 575. The molecule has 90 valence electrons. The highest BCUT2D eigenvalue weighted by Crippen LogP contribution is 2.16. The average molecular weight is 239 g/mol. The number of hydrogen-bond acceptors (Lipinski definition) is 4. The second-order valence-electron chi connectivity index (χ2n) is 3.78. The van der Waals surface area contributed by atoms with E-state index in [0.717, 1.165) is 11.3 Å². The van der Waals surface area contributed by atoms with Crippen molar-refractivity contribution in [3.8, 4) is 11.8 Å². The Kier molecular flexibility index (Phi) is 3.77. The lowest BCUT2D eigenvalue weighted by atomic mass is 10.1. The second kappa shape index (κ2) is 5.69. The predicted molar refractivity (Wildman–Crippen MR) is 69.0 cm³/mol. The Morgan fingerprint density at radius 2 is 2.11 bits per heavy atom. The van der Waals surface area contributed by atoms with Gasteiger partial charge in [0.25, 0.3) is 0 Å². The predicted octanol–water partition coefficient (Wildman–Crippen LogP) is 2.16. The number of aromatic nitrogens is 1. The molecule has 0 saturated heterocycles. The molecule has 0 saturated carbocycles. The first kappa shape index (κ1) is 11.9. The molecule has 18 heavy (non-hydrogen) atoms. The Balaban J connectivity index is 1.97.